The maximum Gasteiger partial charge on any atom is 0.405 e. The van der Waals surface area contributed by atoms with Crippen LogP contribution in [0, 0.1) is 31.0 Å². The van der Waals surface area contributed by atoms with Gasteiger partial charge in [0.15, 0.2) is 5.76 Å². The molecule has 2 N–H and O–H groups in total. The lowest BCUT2D eigenvalue weighted by atomic mass is 9.82. The van der Waals surface area contributed by atoms with Gasteiger partial charge in [-0.05, 0) is 36.6 Å². The van der Waals surface area contributed by atoms with Crippen LogP contribution in [-0.2, 0) is 12.0 Å². The average Bonchev–Trinajstić information content (AvgIpc) is 3.22. The molecule has 1 atom stereocenters. The summed E-state index contributed by atoms with van der Waals surface area (Å²) in [5.41, 5.74) is 2.59. The van der Waals surface area contributed by atoms with Crippen LogP contribution in [0.15, 0.2) is 77.3 Å². The molecule has 3 aromatic carbocycles. The number of hydrogen-bond donors (Lipinski definition) is 2. The molecule has 4 rings (SSSR count). The minimum atomic E-state index is -1.69. The molecule has 34 heavy (non-hydrogen) atoms. The molecule has 1 aromatic heterocycles. The molecule has 169 valence electrons. The SMILES string of the molecule is [CH2]C(NC(=O)O)(c1ccccc1F)c1c(C)noc1-c1ccc(-c2ccc(CC#N)cc2)cc1. The van der Waals surface area contributed by atoms with E-state index in [1.807, 2.05) is 48.5 Å². The Morgan fingerprint density at radius 3 is 2.26 bits per heavy atom. The molecule has 0 fully saturated rings. The lowest BCUT2D eigenvalue weighted by molar-refractivity contribution is 0.186. The number of carboxylic acid groups (broad SMARTS) is 1. The van der Waals surface area contributed by atoms with Crippen molar-refractivity contribution in [2.45, 2.75) is 18.9 Å². The van der Waals surface area contributed by atoms with Crippen molar-refractivity contribution in [3.63, 3.8) is 0 Å². The summed E-state index contributed by atoms with van der Waals surface area (Å²) < 4.78 is 20.4. The molecule has 0 aliphatic carbocycles. The number of nitrogens with zero attached hydrogens (tertiary/aromatic N) is 2. The fraction of sp³-hybridized carbons (Fsp3) is 0.111. The highest BCUT2D eigenvalue weighted by Gasteiger charge is 2.39. The second kappa shape index (κ2) is 9.20. The Hall–Kier alpha value is -4.44. The van der Waals surface area contributed by atoms with Gasteiger partial charge in [0, 0.05) is 11.1 Å². The summed E-state index contributed by atoms with van der Waals surface area (Å²) in [4.78, 5) is 11.7. The average molecular weight is 454 g/mol. The summed E-state index contributed by atoms with van der Waals surface area (Å²) in [6.45, 7) is 5.72. The van der Waals surface area contributed by atoms with Crippen molar-refractivity contribution in [2.75, 3.05) is 0 Å². The monoisotopic (exact) mass is 454 g/mol. The van der Waals surface area contributed by atoms with Crippen LogP contribution in [0.5, 0.6) is 0 Å². The van der Waals surface area contributed by atoms with Gasteiger partial charge in [-0.2, -0.15) is 5.26 Å². The lowest BCUT2D eigenvalue weighted by Gasteiger charge is -2.30. The van der Waals surface area contributed by atoms with Gasteiger partial charge in [0.25, 0.3) is 0 Å². The molecule has 4 aromatic rings. The summed E-state index contributed by atoms with van der Waals surface area (Å²) in [5.74, 6) is -0.312. The normalized spacial score (nSPS) is 12.5. The zero-order chi connectivity index (χ0) is 24.3. The summed E-state index contributed by atoms with van der Waals surface area (Å²) >= 11 is 0. The Labute approximate surface area is 196 Å². The van der Waals surface area contributed by atoms with E-state index < -0.39 is 17.4 Å². The third kappa shape index (κ3) is 4.26. The van der Waals surface area contributed by atoms with Crippen molar-refractivity contribution in [3.05, 3.63) is 108 Å². The van der Waals surface area contributed by atoms with E-state index in [0.29, 0.717) is 29.0 Å². The number of benzene rings is 3. The van der Waals surface area contributed by atoms with E-state index in [0.717, 1.165) is 16.7 Å². The van der Waals surface area contributed by atoms with Gasteiger partial charge < -0.3 is 14.9 Å². The Balaban J connectivity index is 1.77. The standard InChI is InChI=1S/C27H21FN3O3/c1-17-24(27(2,30-26(32)33)22-5-3-4-6-23(22)28)25(34-31-17)21-13-11-20(12-14-21)19-9-7-18(8-10-19)15-16-29/h3-14,30H,2,15H2,1H3,(H,32,33). The number of halogens is 1. The van der Waals surface area contributed by atoms with Gasteiger partial charge in [0.2, 0.25) is 0 Å². The van der Waals surface area contributed by atoms with E-state index in [1.54, 1.807) is 13.0 Å². The Morgan fingerprint density at radius 1 is 1.09 bits per heavy atom. The van der Waals surface area contributed by atoms with Gasteiger partial charge in [-0.1, -0.05) is 71.9 Å². The first-order chi connectivity index (χ1) is 16.3. The molecule has 1 amide bonds. The first-order valence-electron chi connectivity index (χ1n) is 10.5. The van der Waals surface area contributed by atoms with Gasteiger partial charge in [0.1, 0.15) is 11.4 Å². The number of nitriles is 1. The zero-order valence-electron chi connectivity index (χ0n) is 18.4. The number of hydrogen-bond acceptors (Lipinski definition) is 4. The van der Waals surface area contributed by atoms with Crippen LogP contribution in [-0.4, -0.2) is 16.4 Å². The maximum atomic E-state index is 14.8. The summed E-state index contributed by atoms with van der Waals surface area (Å²) in [7, 11) is 0. The summed E-state index contributed by atoms with van der Waals surface area (Å²) in [6, 6.07) is 23.1. The van der Waals surface area contributed by atoms with Gasteiger partial charge >= 0.3 is 6.09 Å². The van der Waals surface area contributed by atoms with Gasteiger partial charge in [-0.3, -0.25) is 0 Å². The molecule has 1 heterocycles. The topological polar surface area (TPSA) is 99.2 Å². The lowest BCUT2D eigenvalue weighted by Crippen LogP contribution is -2.45. The maximum absolute atomic E-state index is 14.8. The van der Waals surface area contributed by atoms with E-state index in [2.05, 4.69) is 23.5 Å². The largest absolute Gasteiger partial charge is 0.465 e. The van der Waals surface area contributed by atoms with Gasteiger partial charge in [-0.15, -0.1) is 0 Å². The number of rotatable bonds is 6. The predicted molar refractivity (Wildman–Crippen MR) is 125 cm³/mol. The first-order valence-corrected chi connectivity index (χ1v) is 10.5. The molecular weight excluding hydrogens is 433 g/mol. The summed E-state index contributed by atoms with van der Waals surface area (Å²) in [6.07, 6.45) is -1.01. The van der Waals surface area contributed by atoms with E-state index in [9.17, 15) is 14.3 Å². The first kappa shape index (κ1) is 22.7. The molecule has 0 saturated heterocycles. The van der Waals surface area contributed by atoms with Crippen molar-refractivity contribution >= 4 is 6.09 Å². The Morgan fingerprint density at radius 2 is 1.68 bits per heavy atom. The molecule has 1 radical (unpaired) electrons. The van der Waals surface area contributed by atoms with E-state index >= 15 is 0 Å². The molecule has 0 aliphatic heterocycles. The highest BCUT2D eigenvalue weighted by molar-refractivity contribution is 5.74. The fourth-order valence-corrected chi connectivity index (χ4v) is 4.04. The highest BCUT2D eigenvalue weighted by Crippen LogP contribution is 2.40. The smallest absolute Gasteiger partial charge is 0.405 e. The van der Waals surface area contributed by atoms with Gasteiger partial charge in [-0.25, -0.2) is 9.18 Å². The number of amides is 1. The second-order valence-corrected chi connectivity index (χ2v) is 7.90. The molecule has 0 saturated carbocycles. The van der Waals surface area contributed by atoms with Crippen molar-refractivity contribution in [1.82, 2.24) is 10.5 Å². The second-order valence-electron chi connectivity index (χ2n) is 7.90. The van der Waals surface area contributed by atoms with Crippen LogP contribution in [0.4, 0.5) is 9.18 Å². The quantitative estimate of drug-likeness (QED) is 0.380. The fourth-order valence-electron chi connectivity index (χ4n) is 4.04. The van der Waals surface area contributed by atoms with Crippen molar-refractivity contribution < 1.29 is 18.8 Å². The van der Waals surface area contributed by atoms with Crippen molar-refractivity contribution in [1.29, 1.82) is 5.26 Å². The zero-order valence-corrected chi connectivity index (χ0v) is 18.4. The number of aromatic nitrogens is 1. The number of aryl methyl sites for hydroxylation is 1. The van der Waals surface area contributed by atoms with Crippen LogP contribution < -0.4 is 5.32 Å². The third-order valence-corrected chi connectivity index (χ3v) is 5.66. The van der Waals surface area contributed by atoms with Crippen LogP contribution in [0.3, 0.4) is 0 Å². The molecule has 7 heteroatoms. The van der Waals surface area contributed by atoms with Crippen LogP contribution in [0.2, 0.25) is 0 Å². The highest BCUT2D eigenvalue weighted by atomic mass is 19.1. The van der Waals surface area contributed by atoms with E-state index in [1.165, 1.54) is 18.2 Å². The van der Waals surface area contributed by atoms with E-state index in [-0.39, 0.29) is 5.56 Å². The minimum absolute atomic E-state index is 0.0547. The molecule has 0 bridgehead atoms. The van der Waals surface area contributed by atoms with Gasteiger partial charge in [0.05, 0.1) is 23.7 Å². The Bertz CT molecular complexity index is 1370. The Kier molecular flexibility index (Phi) is 6.15. The van der Waals surface area contributed by atoms with Crippen LogP contribution in [0.1, 0.15) is 22.4 Å². The molecule has 1 unspecified atom stereocenters. The predicted octanol–water partition coefficient (Wildman–Crippen LogP) is 5.87. The van der Waals surface area contributed by atoms with Crippen molar-refractivity contribution in [3.8, 4) is 28.5 Å². The summed E-state index contributed by atoms with van der Waals surface area (Å²) in [5, 5.41) is 24.8. The van der Waals surface area contributed by atoms with Crippen LogP contribution >= 0.6 is 0 Å². The molecule has 0 spiro atoms. The molecule has 0 aliphatic rings. The van der Waals surface area contributed by atoms with Crippen molar-refractivity contribution in [2.24, 2.45) is 0 Å². The van der Waals surface area contributed by atoms with E-state index in [4.69, 9.17) is 9.78 Å². The number of nitrogens with one attached hydrogen (secondary N) is 1. The third-order valence-electron chi connectivity index (χ3n) is 5.66. The van der Waals surface area contributed by atoms with Crippen LogP contribution in [0.25, 0.3) is 22.5 Å². The molecular formula is C27H21FN3O3. The minimum Gasteiger partial charge on any atom is -0.465 e. The molecule has 6 nitrogen and oxygen atoms in total. The number of carbonyl (C=O) groups is 1.